The first kappa shape index (κ1) is 9.48. The van der Waals surface area contributed by atoms with E-state index in [9.17, 15) is 5.11 Å². The molecule has 0 atom stereocenters. The Kier molecular flexibility index (Phi) is 2.69. The van der Waals surface area contributed by atoms with E-state index >= 15 is 0 Å². The minimum Gasteiger partial charge on any atom is -0.432 e. The number of oxazole rings is 1. The van der Waals surface area contributed by atoms with Crippen LogP contribution in [-0.2, 0) is 6.61 Å². The topological polar surface area (TPSA) is 69.7 Å². The fourth-order valence-electron chi connectivity index (χ4n) is 1.57. The van der Waals surface area contributed by atoms with Crippen molar-refractivity contribution in [3.8, 4) is 0 Å². The normalized spacial score (nSPS) is 18.9. The molecule has 0 saturated carbocycles. The van der Waals surface area contributed by atoms with Crippen LogP contribution in [0.3, 0.4) is 0 Å². The summed E-state index contributed by atoms with van der Waals surface area (Å²) in [6, 6.07) is 0.543. The van der Waals surface area contributed by atoms with E-state index in [1.807, 2.05) is 4.90 Å². The van der Waals surface area contributed by atoms with Crippen LogP contribution in [0.4, 0.5) is 6.01 Å². The Morgan fingerprint density at radius 3 is 2.79 bits per heavy atom. The largest absolute Gasteiger partial charge is 0.432 e. The molecular weight excluding hydrogens is 184 g/mol. The second kappa shape index (κ2) is 3.98. The van der Waals surface area contributed by atoms with E-state index in [4.69, 9.17) is 9.52 Å². The van der Waals surface area contributed by atoms with E-state index in [2.05, 4.69) is 4.98 Å². The lowest BCUT2D eigenvalue weighted by Crippen LogP contribution is -2.35. The zero-order valence-electron chi connectivity index (χ0n) is 7.89. The van der Waals surface area contributed by atoms with Gasteiger partial charge in [0.05, 0.1) is 12.7 Å². The molecule has 0 amide bonds. The highest BCUT2D eigenvalue weighted by Crippen LogP contribution is 2.19. The highest BCUT2D eigenvalue weighted by molar-refractivity contribution is 5.27. The van der Waals surface area contributed by atoms with Gasteiger partial charge < -0.3 is 19.5 Å². The molecule has 2 rings (SSSR count). The molecule has 2 N–H and O–H groups in total. The minimum absolute atomic E-state index is 0.0973. The second-order valence-electron chi connectivity index (χ2n) is 3.50. The summed E-state index contributed by atoms with van der Waals surface area (Å²) in [7, 11) is 0. The van der Waals surface area contributed by atoms with Crippen molar-refractivity contribution in [1.82, 2.24) is 4.98 Å². The number of hydrogen-bond acceptors (Lipinski definition) is 5. The predicted molar refractivity (Wildman–Crippen MR) is 49.9 cm³/mol. The van der Waals surface area contributed by atoms with Crippen molar-refractivity contribution in [2.75, 3.05) is 18.0 Å². The summed E-state index contributed by atoms with van der Waals surface area (Å²) in [5.74, 6) is 0. The highest BCUT2D eigenvalue weighted by atomic mass is 16.4. The van der Waals surface area contributed by atoms with Crippen molar-refractivity contribution in [2.45, 2.75) is 25.6 Å². The monoisotopic (exact) mass is 198 g/mol. The molecule has 5 heteroatoms. The molecule has 0 bridgehead atoms. The molecule has 0 aromatic carbocycles. The van der Waals surface area contributed by atoms with Gasteiger partial charge in [0.2, 0.25) is 0 Å². The SMILES string of the molecule is OCc1coc(N2CCC(O)CC2)n1. The lowest BCUT2D eigenvalue weighted by Gasteiger charge is -2.27. The van der Waals surface area contributed by atoms with Crippen LogP contribution < -0.4 is 4.90 Å². The van der Waals surface area contributed by atoms with Crippen molar-refractivity contribution in [2.24, 2.45) is 0 Å². The minimum atomic E-state index is -0.196. The average molecular weight is 198 g/mol. The van der Waals surface area contributed by atoms with E-state index in [0.717, 1.165) is 25.9 Å². The molecule has 0 spiro atoms. The zero-order chi connectivity index (χ0) is 9.97. The van der Waals surface area contributed by atoms with Crippen molar-refractivity contribution >= 4 is 6.01 Å². The molecule has 1 fully saturated rings. The van der Waals surface area contributed by atoms with Crippen LogP contribution in [0.15, 0.2) is 10.7 Å². The van der Waals surface area contributed by atoms with Crippen LogP contribution in [0.2, 0.25) is 0 Å². The Labute approximate surface area is 82.0 Å². The zero-order valence-corrected chi connectivity index (χ0v) is 7.89. The number of rotatable bonds is 2. The molecular formula is C9H14N2O3. The van der Waals surface area contributed by atoms with Gasteiger partial charge in [-0.05, 0) is 12.8 Å². The quantitative estimate of drug-likeness (QED) is 0.706. The predicted octanol–water partition coefficient (Wildman–Crippen LogP) is 0.128. The lowest BCUT2D eigenvalue weighted by molar-refractivity contribution is 0.144. The standard InChI is InChI=1S/C9H14N2O3/c12-5-7-6-14-9(10-7)11-3-1-8(13)2-4-11/h6,8,12-13H,1-5H2. The van der Waals surface area contributed by atoms with Crippen molar-refractivity contribution in [3.05, 3.63) is 12.0 Å². The summed E-state index contributed by atoms with van der Waals surface area (Å²) in [5, 5.41) is 18.1. The van der Waals surface area contributed by atoms with Crippen LogP contribution in [0.5, 0.6) is 0 Å². The van der Waals surface area contributed by atoms with Crippen molar-refractivity contribution < 1.29 is 14.6 Å². The van der Waals surface area contributed by atoms with Gasteiger partial charge in [0.1, 0.15) is 12.0 Å². The van der Waals surface area contributed by atoms with Gasteiger partial charge in [-0.3, -0.25) is 0 Å². The van der Waals surface area contributed by atoms with Crippen LogP contribution in [0.1, 0.15) is 18.5 Å². The number of aliphatic hydroxyl groups excluding tert-OH is 2. The second-order valence-corrected chi connectivity index (χ2v) is 3.50. The van der Waals surface area contributed by atoms with Crippen LogP contribution in [-0.4, -0.2) is 34.4 Å². The summed E-state index contributed by atoms with van der Waals surface area (Å²) < 4.78 is 5.20. The third kappa shape index (κ3) is 1.88. The number of aliphatic hydroxyl groups is 2. The van der Waals surface area contributed by atoms with Crippen LogP contribution in [0.25, 0.3) is 0 Å². The van der Waals surface area contributed by atoms with Gasteiger partial charge >= 0.3 is 0 Å². The third-order valence-electron chi connectivity index (χ3n) is 2.44. The van der Waals surface area contributed by atoms with Gasteiger partial charge in [-0.15, -0.1) is 0 Å². The number of piperidine rings is 1. The van der Waals surface area contributed by atoms with Gasteiger partial charge in [-0.2, -0.15) is 4.98 Å². The Morgan fingerprint density at radius 1 is 1.50 bits per heavy atom. The maximum Gasteiger partial charge on any atom is 0.297 e. The average Bonchev–Trinajstić information content (AvgIpc) is 2.67. The van der Waals surface area contributed by atoms with E-state index < -0.39 is 0 Å². The Balaban J connectivity index is 2.01. The highest BCUT2D eigenvalue weighted by Gasteiger charge is 2.20. The van der Waals surface area contributed by atoms with Gasteiger partial charge in [-0.1, -0.05) is 0 Å². The van der Waals surface area contributed by atoms with Crippen LogP contribution in [0, 0.1) is 0 Å². The smallest absolute Gasteiger partial charge is 0.297 e. The molecule has 1 aromatic rings. The fraction of sp³-hybridized carbons (Fsp3) is 0.667. The Morgan fingerprint density at radius 2 is 2.21 bits per heavy atom. The molecule has 78 valence electrons. The third-order valence-corrected chi connectivity index (χ3v) is 2.44. The first-order valence-electron chi connectivity index (χ1n) is 4.78. The van der Waals surface area contributed by atoms with E-state index in [1.54, 1.807) is 0 Å². The van der Waals surface area contributed by atoms with E-state index in [0.29, 0.717) is 11.7 Å². The first-order valence-corrected chi connectivity index (χ1v) is 4.78. The summed E-state index contributed by atoms with van der Waals surface area (Å²) in [6.07, 6.45) is 2.76. The van der Waals surface area contributed by atoms with E-state index in [1.165, 1.54) is 6.26 Å². The van der Waals surface area contributed by atoms with Gasteiger partial charge in [0, 0.05) is 13.1 Å². The fourth-order valence-corrected chi connectivity index (χ4v) is 1.57. The molecule has 0 unspecified atom stereocenters. The molecule has 0 aliphatic carbocycles. The van der Waals surface area contributed by atoms with Crippen LogP contribution >= 0.6 is 0 Å². The Bertz CT molecular complexity index is 292. The first-order chi connectivity index (χ1) is 6.79. The number of nitrogens with zero attached hydrogens (tertiary/aromatic N) is 2. The number of aromatic nitrogens is 1. The molecule has 2 heterocycles. The summed E-state index contributed by atoms with van der Waals surface area (Å²) in [5.41, 5.74) is 0.547. The summed E-state index contributed by atoms with van der Waals surface area (Å²) in [6.45, 7) is 1.42. The molecule has 5 nitrogen and oxygen atoms in total. The molecule has 14 heavy (non-hydrogen) atoms. The summed E-state index contributed by atoms with van der Waals surface area (Å²) in [4.78, 5) is 6.08. The Hall–Kier alpha value is -1.07. The van der Waals surface area contributed by atoms with Gasteiger partial charge in [0.25, 0.3) is 6.01 Å². The molecule has 1 aliphatic heterocycles. The maximum atomic E-state index is 9.31. The number of anilines is 1. The molecule has 1 aromatic heterocycles. The summed E-state index contributed by atoms with van der Waals surface area (Å²) >= 11 is 0. The number of hydrogen-bond donors (Lipinski definition) is 2. The molecule has 0 radical (unpaired) electrons. The lowest BCUT2D eigenvalue weighted by atomic mass is 10.1. The molecule has 1 aliphatic rings. The van der Waals surface area contributed by atoms with Crippen molar-refractivity contribution in [3.63, 3.8) is 0 Å². The van der Waals surface area contributed by atoms with E-state index in [-0.39, 0.29) is 12.7 Å². The van der Waals surface area contributed by atoms with Crippen molar-refractivity contribution in [1.29, 1.82) is 0 Å². The van der Waals surface area contributed by atoms with Gasteiger partial charge in [0.15, 0.2) is 0 Å². The maximum absolute atomic E-state index is 9.31. The van der Waals surface area contributed by atoms with Gasteiger partial charge in [-0.25, -0.2) is 0 Å². The molecule has 1 saturated heterocycles.